The Kier molecular flexibility index (Phi) is 5.46. The van der Waals surface area contributed by atoms with Crippen LogP contribution in [-0.4, -0.2) is 28.3 Å². The number of methoxy groups -OCH3 is 1. The van der Waals surface area contributed by atoms with E-state index in [2.05, 4.69) is 15.0 Å². The van der Waals surface area contributed by atoms with E-state index in [9.17, 15) is 4.79 Å². The van der Waals surface area contributed by atoms with E-state index in [1.165, 1.54) is 7.11 Å². The molecule has 0 atom stereocenters. The minimum atomic E-state index is -0.599. The summed E-state index contributed by atoms with van der Waals surface area (Å²) in [5.41, 5.74) is 12.2. The molecule has 1 aliphatic heterocycles. The van der Waals surface area contributed by atoms with E-state index < -0.39 is 5.97 Å². The van der Waals surface area contributed by atoms with Gasteiger partial charge in [-0.15, -0.1) is 0 Å². The van der Waals surface area contributed by atoms with Gasteiger partial charge < -0.3 is 4.74 Å². The van der Waals surface area contributed by atoms with Gasteiger partial charge in [0.25, 0.3) is 0 Å². The number of fused-ring (bicyclic) bond motifs is 3. The van der Waals surface area contributed by atoms with Crippen molar-refractivity contribution in [3.63, 3.8) is 0 Å². The topological polar surface area (TPSA) is 105 Å². The van der Waals surface area contributed by atoms with E-state index in [0.717, 1.165) is 5.56 Å². The number of aliphatic imine (C=N–C) groups is 1. The van der Waals surface area contributed by atoms with Crippen LogP contribution < -0.4 is 0 Å². The summed E-state index contributed by atoms with van der Waals surface area (Å²) in [5.74, 6) is -0.208. The van der Waals surface area contributed by atoms with Gasteiger partial charge in [0.15, 0.2) is 5.69 Å². The SMILES string of the molecule is COC(=O)c1nc(CN=[N+]=[N-])n2c1CN=C(c1ccccc1Cl)c1cc(Cl)ccc1-2. The van der Waals surface area contributed by atoms with Crippen LogP contribution in [-0.2, 0) is 17.8 Å². The van der Waals surface area contributed by atoms with Crippen molar-refractivity contribution in [2.45, 2.75) is 13.1 Å². The average molecular weight is 441 g/mol. The van der Waals surface area contributed by atoms with Crippen LogP contribution in [0, 0.1) is 0 Å². The van der Waals surface area contributed by atoms with Gasteiger partial charge >= 0.3 is 5.97 Å². The molecule has 3 aromatic rings. The molecule has 30 heavy (non-hydrogen) atoms. The van der Waals surface area contributed by atoms with Crippen LogP contribution in [0.5, 0.6) is 0 Å². The van der Waals surface area contributed by atoms with Crippen molar-refractivity contribution in [3.8, 4) is 5.69 Å². The first-order valence-corrected chi connectivity index (χ1v) is 9.60. The van der Waals surface area contributed by atoms with Crippen molar-refractivity contribution in [2.75, 3.05) is 7.11 Å². The van der Waals surface area contributed by atoms with Gasteiger partial charge in [-0.1, -0.05) is 46.5 Å². The van der Waals surface area contributed by atoms with Crippen molar-refractivity contribution in [3.05, 3.63) is 91.3 Å². The Morgan fingerprint density at radius 1 is 1.27 bits per heavy atom. The van der Waals surface area contributed by atoms with Gasteiger partial charge in [0.2, 0.25) is 0 Å². The second-order valence-corrected chi connectivity index (χ2v) is 7.19. The van der Waals surface area contributed by atoms with Crippen LogP contribution in [0.15, 0.2) is 52.6 Å². The first-order chi connectivity index (χ1) is 14.5. The van der Waals surface area contributed by atoms with E-state index in [-0.39, 0.29) is 18.8 Å². The fourth-order valence-corrected chi connectivity index (χ4v) is 3.81. The molecule has 4 rings (SSSR count). The molecule has 0 spiro atoms. The predicted molar refractivity (Wildman–Crippen MR) is 114 cm³/mol. The molecule has 1 aromatic heterocycles. The standard InChI is InChI=1S/C20H14Cl2N6O2/c1-30-20(29)19-16-9-24-18(12-4-2-3-5-14(12)22)13-8-11(21)6-7-15(13)28(16)17(26-19)10-25-27-23/h2-8H,9-10H2,1H3. The Labute approximate surface area is 181 Å². The van der Waals surface area contributed by atoms with Crippen LogP contribution in [0.1, 0.15) is 33.1 Å². The number of hydrogen-bond acceptors (Lipinski definition) is 5. The summed E-state index contributed by atoms with van der Waals surface area (Å²) in [7, 11) is 1.28. The summed E-state index contributed by atoms with van der Waals surface area (Å²) in [6.45, 7) is 0.0878. The van der Waals surface area contributed by atoms with Crippen molar-refractivity contribution in [1.82, 2.24) is 9.55 Å². The number of benzene rings is 2. The average Bonchev–Trinajstić information content (AvgIpc) is 3.02. The van der Waals surface area contributed by atoms with Gasteiger partial charge in [-0.2, -0.15) is 0 Å². The highest BCUT2D eigenvalue weighted by molar-refractivity contribution is 6.36. The van der Waals surface area contributed by atoms with Crippen molar-refractivity contribution < 1.29 is 9.53 Å². The summed E-state index contributed by atoms with van der Waals surface area (Å²) in [6, 6.07) is 12.7. The van der Waals surface area contributed by atoms with Gasteiger partial charge in [0, 0.05) is 26.1 Å². The molecule has 10 heteroatoms. The highest BCUT2D eigenvalue weighted by atomic mass is 35.5. The lowest BCUT2D eigenvalue weighted by Crippen LogP contribution is -2.10. The van der Waals surface area contributed by atoms with Crippen molar-refractivity contribution >= 4 is 34.9 Å². The molecule has 1 aliphatic rings. The van der Waals surface area contributed by atoms with Crippen LogP contribution in [0.2, 0.25) is 10.0 Å². The number of nitrogens with zero attached hydrogens (tertiary/aromatic N) is 6. The smallest absolute Gasteiger partial charge is 0.358 e. The third-order valence-electron chi connectivity index (χ3n) is 4.67. The summed E-state index contributed by atoms with van der Waals surface area (Å²) >= 11 is 12.7. The van der Waals surface area contributed by atoms with Crippen molar-refractivity contribution in [2.24, 2.45) is 10.1 Å². The zero-order valence-electron chi connectivity index (χ0n) is 15.7. The van der Waals surface area contributed by atoms with Crippen molar-refractivity contribution in [1.29, 1.82) is 0 Å². The number of carbonyl (C=O) groups excluding carboxylic acids is 1. The third kappa shape index (κ3) is 3.41. The Balaban J connectivity index is 2.03. The molecule has 0 unspecified atom stereocenters. The normalized spacial score (nSPS) is 12.2. The Morgan fingerprint density at radius 2 is 2.07 bits per heavy atom. The Bertz CT molecular complexity index is 1240. The van der Waals surface area contributed by atoms with Crippen LogP contribution in [0.25, 0.3) is 16.1 Å². The van der Waals surface area contributed by atoms with E-state index in [1.807, 2.05) is 18.2 Å². The molecular formula is C20H14Cl2N6O2. The zero-order chi connectivity index (χ0) is 21.3. The van der Waals surface area contributed by atoms with Gasteiger partial charge in [-0.25, -0.2) is 9.78 Å². The molecule has 0 amide bonds. The summed E-state index contributed by atoms with van der Waals surface area (Å²) < 4.78 is 6.65. The van der Waals surface area contributed by atoms with Gasteiger partial charge in [0.05, 0.1) is 37.3 Å². The molecular weight excluding hydrogens is 427 g/mol. The monoisotopic (exact) mass is 440 g/mol. The quantitative estimate of drug-likeness (QED) is 0.243. The predicted octanol–water partition coefficient (Wildman–Crippen LogP) is 5.13. The Morgan fingerprint density at radius 3 is 2.80 bits per heavy atom. The maximum atomic E-state index is 12.4. The number of hydrogen-bond donors (Lipinski definition) is 0. The number of aromatic nitrogens is 2. The minimum Gasteiger partial charge on any atom is -0.464 e. The van der Waals surface area contributed by atoms with Gasteiger partial charge in [-0.3, -0.25) is 9.56 Å². The zero-order valence-corrected chi connectivity index (χ0v) is 17.2. The van der Waals surface area contributed by atoms with Gasteiger partial charge in [-0.05, 0) is 29.8 Å². The van der Waals surface area contributed by atoms with E-state index in [1.54, 1.807) is 28.8 Å². The molecule has 0 saturated carbocycles. The van der Waals surface area contributed by atoms with Crippen LogP contribution >= 0.6 is 23.2 Å². The summed E-state index contributed by atoms with van der Waals surface area (Å²) in [6.07, 6.45) is 0. The molecule has 0 aliphatic carbocycles. The Hall–Kier alpha value is -3.32. The summed E-state index contributed by atoms with van der Waals surface area (Å²) in [4.78, 5) is 24.3. The minimum absolute atomic E-state index is 0.0516. The molecule has 2 heterocycles. The van der Waals surface area contributed by atoms with Crippen LogP contribution in [0.3, 0.4) is 0 Å². The lowest BCUT2D eigenvalue weighted by atomic mass is 10.0. The molecule has 150 valence electrons. The highest BCUT2D eigenvalue weighted by Crippen LogP contribution is 2.32. The fourth-order valence-electron chi connectivity index (χ4n) is 3.41. The molecule has 0 fully saturated rings. The lowest BCUT2D eigenvalue weighted by Gasteiger charge is -2.14. The maximum Gasteiger partial charge on any atom is 0.358 e. The van der Waals surface area contributed by atoms with Gasteiger partial charge in [0.1, 0.15) is 5.82 Å². The molecule has 0 saturated heterocycles. The van der Waals surface area contributed by atoms with E-state index in [0.29, 0.717) is 38.5 Å². The number of carbonyl (C=O) groups is 1. The first-order valence-electron chi connectivity index (χ1n) is 8.84. The van der Waals surface area contributed by atoms with Crippen LogP contribution in [0.4, 0.5) is 0 Å². The number of imidazole rings is 1. The highest BCUT2D eigenvalue weighted by Gasteiger charge is 2.28. The third-order valence-corrected chi connectivity index (χ3v) is 5.23. The van der Waals surface area contributed by atoms with E-state index in [4.69, 9.17) is 38.5 Å². The maximum absolute atomic E-state index is 12.4. The number of rotatable bonds is 4. The second-order valence-electron chi connectivity index (χ2n) is 6.35. The first kappa shape index (κ1) is 20.0. The molecule has 0 N–H and O–H groups in total. The molecule has 0 radical (unpaired) electrons. The largest absolute Gasteiger partial charge is 0.464 e. The lowest BCUT2D eigenvalue weighted by molar-refractivity contribution is 0.0593. The summed E-state index contributed by atoms with van der Waals surface area (Å²) in [5, 5.41) is 4.67. The second kappa shape index (κ2) is 8.20. The van der Waals surface area contributed by atoms with E-state index >= 15 is 0 Å². The molecule has 8 nitrogen and oxygen atoms in total. The fraction of sp³-hybridized carbons (Fsp3) is 0.150. The number of azide groups is 1. The molecule has 2 aromatic carbocycles. The number of halogens is 2. The number of esters is 1. The number of ether oxygens (including phenoxy) is 1. The molecule has 0 bridgehead atoms.